The van der Waals surface area contributed by atoms with Crippen molar-refractivity contribution in [3.05, 3.63) is 77.9 Å². The number of carbonyl (C=O) groups is 3. The minimum Gasteiger partial charge on any atom is -0.483 e. The minimum atomic E-state index is -4.02. The summed E-state index contributed by atoms with van der Waals surface area (Å²) in [4.78, 5) is 40.2. The molecule has 0 radical (unpaired) electrons. The number of ether oxygens (including phenoxy) is 1. The van der Waals surface area contributed by atoms with Gasteiger partial charge in [0.25, 0.3) is 11.8 Å². The lowest BCUT2D eigenvalue weighted by Gasteiger charge is -2.37. The van der Waals surface area contributed by atoms with Gasteiger partial charge in [-0.3, -0.25) is 9.59 Å². The zero-order valence-corrected chi connectivity index (χ0v) is 31.1. The number of nitrogens with zero attached hydrogens (tertiary/aromatic N) is 1. The quantitative estimate of drug-likeness (QED) is 0.116. The first-order chi connectivity index (χ1) is 24.3. The summed E-state index contributed by atoms with van der Waals surface area (Å²) in [5.74, 6) is -2.38. The highest BCUT2D eigenvalue weighted by atomic mass is 32.2. The third-order valence-corrected chi connectivity index (χ3v) is 11.2. The summed E-state index contributed by atoms with van der Waals surface area (Å²) in [6.07, 6.45) is 5.48. The number of aliphatic hydroxyl groups is 1. The standard InChI is InChI=1S/C37H48N4O8S2/c1-5-7-18-37(19-8-6-2)24-41(27-15-10-9-11-16-27)29-20-31(50-4)30(21-32(29)51(47,48)40-37)49-23-33(43)38-22-26-14-12-13-17-28(26)35(44)39-34(25(3)42)36(45)46/h9-17,20-21,25,34,40,42H,5-8,18-19,22-24H2,1-4H3,(H,38,43)(H,39,44)(H,45,46). The van der Waals surface area contributed by atoms with E-state index in [-0.39, 0.29) is 22.8 Å². The number of para-hydroxylation sites is 1. The molecule has 2 unspecified atom stereocenters. The van der Waals surface area contributed by atoms with Crippen LogP contribution in [0.15, 0.2) is 76.5 Å². The van der Waals surface area contributed by atoms with Crippen LogP contribution in [-0.4, -0.2) is 73.5 Å². The normalized spacial score (nSPS) is 15.9. The number of carboxylic acids is 1. The van der Waals surface area contributed by atoms with E-state index in [9.17, 15) is 33.0 Å². The van der Waals surface area contributed by atoms with Crippen molar-refractivity contribution in [1.82, 2.24) is 15.4 Å². The maximum atomic E-state index is 14.2. The van der Waals surface area contributed by atoms with Gasteiger partial charge in [0, 0.05) is 30.4 Å². The van der Waals surface area contributed by atoms with E-state index in [1.807, 2.05) is 42.7 Å². The van der Waals surface area contributed by atoms with Crippen molar-refractivity contribution in [3.63, 3.8) is 0 Å². The van der Waals surface area contributed by atoms with Crippen LogP contribution in [0.3, 0.4) is 0 Å². The molecule has 3 aromatic rings. The highest BCUT2D eigenvalue weighted by molar-refractivity contribution is 7.98. The summed E-state index contributed by atoms with van der Waals surface area (Å²) in [6, 6.07) is 17.9. The van der Waals surface area contributed by atoms with E-state index in [0.29, 0.717) is 35.5 Å². The minimum absolute atomic E-state index is 0.0613. The van der Waals surface area contributed by atoms with Gasteiger partial charge in [0.05, 0.1) is 22.2 Å². The number of nitrogens with one attached hydrogen (secondary N) is 3. The Morgan fingerprint density at radius 3 is 2.27 bits per heavy atom. The second-order valence-electron chi connectivity index (χ2n) is 12.7. The Labute approximate surface area is 304 Å². The van der Waals surface area contributed by atoms with Gasteiger partial charge in [-0.2, -0.15) is 0 Å². The number of aliphatic carboxylic acids is 1. The molecule has 0 spiro atoms. The number of benzene rings is 3. The predicted octanol–water partition coefficient (Wildman–Crippen LogP) is 5.22. The number of unbranched alkanes of at least 4 members (excludes halogenated alkanes) is 2. The Morgan fingerprint density at radius 1 is 1.02 bits per heavy atom. The molecule has 3 aromatic carbocycles. The Bertz CT molecular complexity index is 1780. The molecule has 0 aliphatic carbocycles. The fourth-order valence-corrected chi connectivity index (χ4v) is 8.34. The average molecular weight is 741 g/mol. The monoisotopic (exact) mass is 740 g/mol. The molecule has 1 heterocycles. The SMILES string of the molecule is CCCCC1(CCCC)CN(c2ccccc2)c2cc(SC)c(OCC(=O)NCc3ccccc3C(=O)NC(C(=O)O)C(C)O)cc2S(=O)(=O)N1. The number of anilines is 2. The first-order valence-corrected chi connectivity index (χ1v) is 19.8. The van der Waals surface area contributed by atoms with Crippen LogP contribution in [0.2, 0.25) is 0 Å². The molecule has 0 aromatic heterocycles. The van der Waals surface area contributed by atoms with Crippen LogP contribution in [0, 0.1) is 0 Å². The van der Waals surface area contributed by atoms with Gasteiger partial charge in [0.1, 0.15) is 10.6 Å². The fraction of sp³-hybridized carbons (Fsp3) is 0.432. The van der Waals surface area contributed by atoms with Gasteiger partial charge in [0.2, 0.25) is 10.0 Å². The number of aliphatic hydroxyl groups excluding tert-OH is 1. The highest BCUT2D eigenvalue weighted by Gasteiger charge is 2.42. The molecule has 0 bridgehead atoms. The van der Waals surface area contributed by atoms with Crippen molar-refractivity contribution < 1.29 is 37.8 Å². The molecule has 276 valence electrons. The number of thioether (sulfide) groups is 1. The molecule has 1 aliphatic rings. The number of hydrogen-bond acceptors (Lipinski definition) is 9. The van der Waals surface area contributed by atoms with E-state index in [2.05, 4.69) is 34.1 Å². The third-order valence-electron chi connectivity index (χ3n) is 8.85. The maximum absolute atomic E-state index is 14.2. The van der Waals surface area contributed by atoms with Crippen molar-refractivity contribution in [3.8, 4) is 5.75 Å². The van der Waals surface area contributed by atoms with Gasteiger partial charge in [-0.15, -0.1) is 11.8 Å². The maximum Gasteiger partial charge on any atom is 0.328 e. The number of rotatable bonds is 17. The first kappa shape index (κ1) is 39.7. The molecule has 2 amide bonds. The summed E-state index contributed by atoms with van der Waals surface area (Å²) in [6.45, 7) is 5.40. The van der Waals surface area contributed by atoms with Crippen LogP contribution in [-0.2, 0) is 26.2 Å². The molecular weight excluding hydrogens is 693 g/mol. The highest BCUT2D eigenvalue weighted by Crippen LogP contribution is 2.44. The molecule has 0 fully saturated rings. The second-order valence-corrected chi connectivity index (χ2v) is 15.2. The first-order valence-electron chi connectivity index (χ1n) is 17.1. The topological polar surface area (TPSA) is 174 Å². The summed E-state index contributed by atoms with van der Waals surface area (Å²) >= 11 is 1.37. The van der Waals surface area contributed by atoms with Crippen LogP contribution in [0.5, 0.6) is 5.75 Å². The molecule has 2 atom stereocenters. The molecule has 0 saturated heterocycles. The van der Waals surface area contributed by atoms with E-state index in [1.165, 1.54) is 30.8 Å². The lowest BCUT2D eigenvalue weighted by Crippen LogP contribution is -2.53. The van der Waals surface area contributed by atoms with Gasteiger partial charge in [-0.1, -0.05) is 75.9 Å². The van der Waals surface area contributed by atoms with Crippen molar-refractivity contribution >= 4 is 50.9 Å². The van der Waals surface area contributed by atoms with Crippen molar-refractivity contribution in [2.24, 2.45) is 0 Å². The molecule has 5 N–H and O–H groups in total. The van der Waals surface area contributed by atoms with Crippen LogP contribution in [0.25, 0.3) is 0 Å². The average Bonchev–Trinajstić information content (AvgIpc) is 3.21. The zero-order chi connectivity index (χ0) is 37.2. The van der Waals surface area contributed by atoms with Gasteiger partial charge in [-0.25, -0.2) is 17.9 Å². The number of amides is 2. The van der Waals surface area contributed by atoms with Crippen molar-refractivity contribution in [1.29, 1.82) is 0 Å². The largest absolute Gasteiger partial charge is 0.483 e. The molecule has 12 nitrogen and oxygen atoms in total. The summed E-state index contributed by atoms with van der Waals surface area (Å²) in [7, 11) is -4.02. The molecule has 51 heavy (non-hydrogen) atoms. The Hall–Kier alpha value is -4.11. The van der Waals surface area contributed by atoms with Crippen LogP contribution >= 0.6 is 11.8 Å². The third kappa shape index (κ3) is 10.0. The Kier molecular flexibility index (Phi) is 13.9. The number of carbonyl (C=O) groups excluding carboxylic acids is 2. The number of carboxylic acid groups (broad SMARTS) is 1. The number of fused-ring (bicyclic) bond motifs is 1. The van der Waals surface area contributed by atoms with Gasteiger partial charge < -0.3 is 30.5 Å². The Morgan fingerprint density at radius 2 is 1.67 bits per heavy atom. The van der Waals surface area contributed by atoms with E-state index < -0.39 is 52.1 Å². The van der Waals surface area contributed by atoms with Crippen molar-refractivity contribution in [2.45, 2.75) is 93.3 Å². The van der Waals surface area contributed by atoms with Crippen LogP contribution in [0.4, 0.5) is 11.4 Å². The van der Waals surface area contributed by atoms with Gasteiger partial charge >= 0.3 is 5.97 Å². The lowest BCUT2D eigenvalue weighted by molar-refractivity contribution is -0.141. The van der Waals surface area contributed by atoms with Crippen molar-refractivity contribution in [2.75, 3.05) is 24.3 Å². The predicted molar refractivity (Wildman–Crippen MR) is 198 cm³/mol. The van der Waals surface area contributed by atoms with E-state index in [1.54, 1.807) is 18.2 Å². The van der Waals surface area contributed by atoms with Crippen LogP contribution < -0.4 is 25.0 Å². The summed E-state index contributed by atoms with van der Waals surface area (Å²) in [5, 5.41) is 24.1. The second kappa shape index (κ2) is 17.9. The molecule has 14 heteroatoms. The molecule has 1 aliphatic heterocycles. The van der Waals surface area contributed by atoms with E-state index in [0.717, 1.165) is 31.4 Å². The van der Waals surface area contributed by atoms with Gasteiger partial charge in [0.15, 0.2) is 12.6 Å². The molecule has 0 saturated carbocycles. The van der Waals surface area contributed by atoms with E-state index in [4.69, 9.17) is 4.74 Å². The van der Waals surface area contributed by atoms with Gasteiger partial charge in [-0.05, 0) is 55.9 Å². The summed E-state index contributed by atoms with van der Waals surface area (Å²) < 4.78 is 37.5. The number of hydrogen-bond donors (Lipinski definition) is 5. The zero-order valence-electron chi connectivity index (χ0n) is 29.5. The fourth-order valence-electron chi connectivity index (χ4n) is 6.13. The van der Waals surface area contributed by atoms with E-state index >= 15 is 0 Å². The molecule has 4 rings (SSSR count). The van der Waals surface area contributed by atoms with Crippen LogP contribution in [0.1, 0.15) is 75.2 Å². The Balaban J connectivity index is 1.59. The smallest absolute Gasteiger partial charge is 0.328 e. The number of sulfonamides is 1. The summed E-state index contributed by atoms with van der Waals surface area (Å²) in [5.41, 5.74) is 1.25. The lowest BCUT2D eigenvalue weighted by atomic mass is 9.87. The molecular formula is C37H48N4O8S2.